The summed E-state index contributed by atoms with van der Waals surface area (Å²) in [6.07, 6.45) is -3.66. The highest BCUT2D eigenvalue weighted by atomic mass is 16.3. The van der Waals surface area contributed by atoms with E-state index in [1.165, 1.54) is 5.32 Å². The number of fused-ring (bicyclic) bond motifs is 1. The number of hydrogen-bond donors (Lipinski definition) is 3. The third-order valence-electron chi connectivity index (χ3n) is 3.54. The summed E-state index contributed by atoms with van der Waals surface area (Å²) in [6.45, 7) is -15.0. The molecule has 2 rings (SSSR count). The van der Waals surface area contributed by atoms with Crippen LogP contribution in [0, 0.1) is 5.89 Å². The standard InChI is InChI=1S/C19H27N3O4/c1-11(2)16(23)18(25)20-12(3)17(24)21-15-14-8-6-5-7-13(14)9-10-22(4)19(15)26/h5-8,11-12,15-16,23H,9-10H2,1-4H3,(H,20,25)(H,21,24)/t12-,15-,16-/m0/s1/i1D3,2D3,3D3,4D3,5D,6D,7D,8D,11D. The summed E-state index contributed by atoms with van der Waals surface area (Å²) in [5.41, 5.74) is -0.850. The lowest BCUT2D eigenvalue weighted by molar-refractivity contribution is -0.137. The van der Waals surface area contributed by atoms with E-state index in [-0.39, 0.29) is 10.5 Å². The zero-order valence-electron chi connectivity index (χ0n) is 30.3. The Morgan fingerprint density at radius 1 is 1.35 bits per heavy atom. The second kappa shape index (κ2) is 8.31. The van der Waals surface area contributed by atoms with Gasteiger partial charge in [0.2, 0.25) is 17.7 Å². The first-order valence-corrected chi connectivity index (χ1v) is 7.30. The van der Waals surface area contributed by atoms with Crippen molar-refractivity contribution in [1.82, 2.24) is 15.5 Å². The van der Waals surface area contributed by atoms with Crippen molar-refractivity contribution in [3.05, 3.63) is 35.3 Å². The van der Waals surface area contributed by atoms with Gasteiger partial charge in [-0.05, 0) is 30.3 Å². The second-order valence-electron chi connectivity index (χ2n) is 5.33. The molecule has 0 aliphatic carbocycles. The average Bonchev–Trinajstić information content (AvgIpc) is 2.97. The van der Waals surface area contributed by atoms with Gasteiger partial charge in [0.25, 0.3) is 0 Å². The van der Waals surface area contributed by atoms with Crippen LogP contribution in [0.1, 0.15) is 61.0 Å². The zero-order valence-corrected chi connectivity index (χ0v) is 13.3. The van der Waals surface area contributed by atoms with Crippen LogP contribution in [0.15, 0.2) is 24.2 Å². The van der Waals surface area contributed by atoms with Gasteiger partial charge in [-0.3, -0.25) is 14.4 Å². The lowest BCUT2D eigenvalue weighted by Crippen LogP contribution is -2.51. The lowest BCUT2D eigenvalue weighted by Gasteiger charge is -2.24. The maximum absolute atomic E-state index is 13.4. The zero-order chi connectivity index (χ0) is 33.8. The monoisotopic (exact) mass is 378 g/mol. The van der Waals surface area contributed by atoms with Crippen LogP contribution in [0.5, 0.6) is 0 Å². The molecule has 0 saturated carbocycles. The number of benzene rings is 1. The van der Waals surface area contributed by atoms with Crippen LogP contribution in [0.4, 0.5) is 0 Å². The third kappa shape index (κ3) is 4.40. The Morgan fingerprint density at radius 2 is 2.12 bits per heavy atom. The molecule has 7 heteroatoms. The highest BCUT2D eigenvalue weighted by molar-refractivity contribution is 5.93. The Kier molecular flexibility index (Phi) is 2.23. The number of likely N-dealkylation sites (N-methyl/N-ethyl adjacent to an activating group) is 1. The lowest BCUT2D eigenvalue weighted by atomic mass is 9.99. The van der Waals surface area contributed by atoms with Crippen LogP contribution >= 0.6 is 0 Å². The summed E-state index contributed by atoms with van der Waals surface area (Å²) in [7, 11) is 0. The molecule has 26 heavy (non-hydrogen) atoms. The Hall–Kier alpha value is -2.41. The minimum absolute atomic E-state index is 0.268. The Labute approximate surface area is 177 Å². The van der Waals surface area contributed by atoms with E-state index in [1.54, 1.807) is 0 Å². The van der Waals surface area contributed by atoms with E-state index >= 15 is 0 Å². The summed E-state index contributed by atoms with van der Waals surface area (Å²) < 4.78 is 131. The molecular weight excluding hydrogens is 334 g/mol. The molecule has 3 amide bonds. The Bertz CT molecular complexity index is 1270. The van der Waals surface area contributed by atoms with Crippen molar-refractivity contribution in [3.63, 3.8) is 0 Å². The third-order valence-corrected chi connectivity index (χ3v) is 3.54. The van der Waals surface area contributed by atoms with Crippen molar-refractivity contribution in [2.24, 2.45) is 5.89 Å². The topological polar surface area (TPSA) is 98.7 Å². The number of hydrogen-bond acceptors (Lipinski definition) is 4. The number of carbonyl (C=O) groups excluding carboxylic acids is 3. The Morgan fingerprint density at radius 3 is 2.81 bits per heavy atom. The predicted molar refractivity (Wildman–Crippen MR) is 97.1 cm³/mol. The highest BCUT2D eigenvalue weighted by Crippen LogP contribution is 2.24. The fourth-order valence-electron chi connectivity index (χ4n) is 2.18. The number of nitrogens with one attached hydrogen (secondary N) is 2. The van der Waals surface area contributed by atoms with Gasteiger partial charge in [0.1, 0.15) is 18.2 Å². The maximum Gasteiger partial charge on any atom is 0.249 e. The largest absolute Gasteiger partial charge is 0.383 e. The number of carbonyl (C=O) groups is 3. The first-order chi connectivity index (χ1) is 19.1. The van der Waals surface area contributed by atoms with Gasteiger partial charge in [-0.25, -0.2) is 0 Å². The number of nitrogens with zero attached hydrogens (tertiary/aromatic N) is 1. The second-order valence-corrected chi connectivity index (χ2v) is 5.33. The molecule has 0 radical (unpaired) electrons. The average molecular weight is 379 g/mol. The van der Waals surface area contributed by atoms with Crippen molar-refractivity contribution in [2.45, 2.75) is 45.2 Å². The number of aliphatic hydroxyl groups is 1. The molecule has 1 heterocycles. The van der Waals surface area contributed by atoms with E-state index < -0.39 is 112 Å². The fraction of sp³-hybridized carbons (Fsp3) is 0.526. The van der Waals surface area contributed by atoms with Crippen molar-refractivity contribution >= 4 is 17.7 Å². The minimum atomic E-state index is -3.89. The molecule has 0 fully saturated rings. The molecule has 3 N–H and O–H groups in total. The van der Waals surface area contributed by atoms with Crippen molar-refractivity contribution in [2.75, 3.05) is 13.5 Å². The number of aliphatic hydroxyl groups excluding tert-OH is 1. The van der Waals surface area contributed by atoms with Crippen molar-refractivity contribution in [3.8, 4) is 0 Å². The van der Waals surface area contributed by atoms with Gasteiger partial charge in [-0.1, -0.05) is 37.9 Å². The van der Waals surface area contributed by atoms with Gasteiger partial charge in [0, 0.05) is 31.3 Å². The molecule has 1 aromatic rings. The van der Waals surface area contributed by atoms with Crippen molar-refractivity contribution in [1.29, 1.82) is 0 Å². The maximum atomic E-state index is 13.4. The molecule has 3 atom stereocenters. The van der Waals surface area contributed by atoms with Gasteiger partial charge in [0.15, 0.2) is 0 Å². The summed E-state index contributed by atoms with van der Waals surface area (Å²) in [5.74, 6) is -9.18. The fourth-order valence-corrected chi connectivity index (χ4v) is 2.18. The van der Waals surface area contributed by atoms with Crippen LogP contribution in [0.25, 0.3) is 0 Å². The van der Waals surface area contributed by atoms with Gasteiger partial charge in [0.05, 0.1) is 5.48 Å². The van der Waals surface area contributed by atoms with E-state index in [0.29, 0.717) is 0 Å². The molecule has 7 nitrogen and oxygen atoms in total. The summed E-state index contributed by atoms with van der Waals surface area (Å²) in [6, 6.07) is -8.15. The molecule has 142 valence electrons. The van der Waals surface area contributed by atoms with Gasteiger partial charge < -0.3 is 20.6 Å². The minimum Gasteiger partial charge on any atom is -0.383 e. The highest BCUT2D eigenvalue weighted by Gasteiger charge is 2.32. The SMILES string of the molecule is [2H]c1c([2H])c([2H])c2c(c1[2H])CCN(C([2H])([2H])[2H])C(=O)[C@H]2NC(=O)[C@@H](NC(=O)[C@@H](O)C([2H])(C([2H])([2H])[2H])C([2H])([2H])[2H])C([2H])([2H])[2H]. The molecule has 0 unspecified atom stereocenters. The van der Waals surface area contributed by atoms with Gasteiger partial charge in [-0.2, -0.15) is 0 Å². The molecule has 1 aromatic carbocycles. The van der Waals surface area contributed by atoms with E-state index in [2.05, 4.69) is 0 Å². The van der Waals surface area contributed by atoms with E-state index in [0.717, 1.165) is 0 Å². The first-order valence-electron chi connectivity index (χ1n) is 15.8. The van der Waals surface area contributed by atoms with E-state index in [4.69, 9.17) is 23.3 Å². The van der Waals surface area contributed by atoms with Crippen molar-refractivity contribution < 1.29 is 42.8 Å². The summed E-state index contributed by atoms with van der Waals surface area (Å²) in [5, 5.41) is 13.7. The number of amides is 3. The predicted octanol–water partition coefficient (Wildman–Crippen LogP) is 0.380. The first kappa shape index (κ1) is 6.96. The molecule has 0 spiro atoms. The molecule has 0 saturated heterocycles. The Balaban J connectivity index is 2.63. The molecule has 1 aliphatic rings. The number of rotatable bonds is 5. The van der Waals surface area contributed by atoms with Gasteiger partial charge >= 0.3 is 0 Å². The van der Waals surface area contributed by atoms with Crippen LogP contribution in [-0.4, -0.2) is 53.4 Å². The molecular formula is C19H27N3O4. The molecule has 1 aliphatic heterocycles. The quantitative estimate of drug-likeness (QED) is 0.690. The smallest absolute Gasteiger partial charge is 0.249 e. The summed E-state index contributed by atoms with van der Waals surface area (Å²) >= 11 is 0. The van der Waals surface area contributed by atoms with Crippen LogP contribution in [-0.2, 0) is 20.8 Å². The van der Waals surface area contributed by atoms with Crippen LogP contribution < -0.4 is 10.6 Å². The molecule has 0 bridgehead atoms. The summed E-state index contributed by atoms with van der Waals surface area (Å²) in [4.78, 5) is 39.7. The molecule has 0 aromatic heterocycles. The normalized spacial score (nSPS) is 31.3. The van der Waals surface area contributed by atoms with Crippen LogP contribution in [0.3, 0.4) is 0 Å². The van der Waals surface area contributed by atoms with Gasteiger partial charge in [-0.15, -0.1) is 0 Å². The van der Waals surface area contributed by atoms with E-state index in [9.17, 15) is 19.5 Å². The van der Waals surface area contributed by atoms with E-state index in [1.807, 2.05) is 5.32 Å². The van der Waals surface area contributed by atoms with Crippen LogP contribution in [0.2, 0.25) is 0 Å².